The Morgan fingerprint density at radius 1 is 0.880 bits per heavy atom. The third kappa shape index (κ3) is 3.61. The van der Waals surface area contributed by atoms with Gasteiger partial charge in [0.1, 0.15) is 0 Å². The van der Waals surface area contributed by atoms with Gasteiger partial charge in [-0.3, -0.25) is 10.1 Å². The molecule has 0 spiro atoms. The molecular weight excluding hydrogens is 310 g/mol. The second-order valence-corrected chi connectivity index (χ2v) is 7.18. The fourth-order valence-corrected chi connectivity index (χ4v) is 3.01. The molecule has 0 aliphatic heterocycles. The SMILES string of the molecule is CC(C)(C)c1ccc(-c2ccc(C=C[N+](=O)[O-])c3ccccc23)cc1. The largest absolute Gasteiger partial charge is 0.259 e. The van der Waals surface area contributed by atoms with Crippen LogP contribution in [0.5, 0.6) is 0 Å². The lowest BCUT2D eigenvalue weighted by molar-refractivity contribution is -0.400. The predicted octanol–water partition coefficient (Wildman–Crippen LogP) is 6.05. The minimum atomic E-state index is -0.437. The number of hydrogen-bond donors (Lipinski definition) is 0. The first-order chi connectivity index (χ1) is 11.9. The van der Waals surface area contributed by atoms with Gasteiger partial charge in [0.15, 0.2) is 0 Å². The van der Waals surface area contributed by atoms with Crippen LogP contribution in [0.25, 0.3) is 28.0 Å². The maximum Gasteiger partial charge on any atom is 0.235 e. The molecule has 0 radical (unpaired) electrons. The molecule has 0 fully saturated rings. The van der Waals surface area contributed by atoms with Gasteiger partial charge < -0.3 is 0 Å². The van der Waals surface area contributed by atoms with Crippen LogP contribution in [0.15, 0.2) is 66.9 Å². The summed E-state index contributed by atoms with van der Waals surface area (Å²) in [5.74, 6) is 0. The number of nitrogens with zero attached hydrogens (tertiary/aromatic N) is 1. The maximum absolute atomic E-state index is 10.6. The second kappa shape index (κ2) is 6.52. The van der Waals surface area contributed by atoms with E-state index in [9.17, 15) is 10.1 Å². The lowest BCUT2D eigenvalue weighted by Gasteiger charge is -2.19. The zero-order valence-corrected chi connectivity index (χ0v) is 14.7. The summed E-state index contributed by atoms with van der Waals surface area (Å²) in [4.78, 5) is 10.2. The summed E-state index contributed by atoms with van der Waals surface area (Å²) in [5, 5.41) is 12.7. The van der Waals surface area contributed by atoms with E-state index in [4.69, 9.17) is 0 Å². The molecule has 0 atom stereocenters. The van der Waals surface area contributed by atoms with Crippen molar-refractivity contribution in [1.82, 2.24) is 0 Å². The van der Waals surface area contributed by atoms with Crippen LogP contribution in [-0.2, 0) is 5.41 Å². The molecule has 0 saturated carbocycles. The molecule has 0 heterocycles. The highest BCUT2D eigenvalue weighted by Gasteiger charge is 2.14. The molecule has 0 unspecified atom stereocenters. The van der Waals surface area contributed by atoms with Crippen LogP contribution in [0, 0.1) is 10.1 Å². The van der Waals surface area contributed by atoms with Gasteiger partial charge in [-0.2, -0.15) is 0 Å². The quantitative estimate of drug-likeness (QED) is 0.433. The molecule has 3 aromatic rings. The van der Waals surface area contributed by atoms with Crippen LogP contribution in [0.3, 0.4) is 0 Å². The monoisotopic (exact) mass is 331 g/mol. The molecular formula is C22H21NO2. The van der Waals surface area contributed by atoms with Crippen LogP contribution in [0.4, 0.5) is 0 Å². The number of benzene rings is 3. The molecule has 0 aromatic heterocycles. The van der Waals surface area contributed by atoms with Gasteiger partial charge in [-0.15, -0.1) is 0 Å². The van der Waals surface area contributed by atoms with Crippen molar-refractivity contribution in [2.24, 2.45) is 0 Å². The fraction of sp³-hybridized carbons (Fsp3) is 0.182. The summed E-state index contributed by atoms with van der Waals surface area (Å²) >= 11 is 0. The normalized spacial score (nSPS) is 12.0. The van der Waals surface area contributed by atoms with Crippen molar-refractivity contribution in [2.45, 2.75) is 26.2 Å². The summed E-state index contributed by atoms with van der Waals surface area (Å²) in [7, 11) is 0. The van der Waals surface area contributed by atoms with Gasteiger partial charge in [-0.05, 0) is 38.4 Å². The van der Waals surface area contributed by atoms with Crippen molar-refractivity contribution in [2.75, 3.05) is 0 Å². The Morgan fingerprint density at radius 3 is 2.12 bits per heavy atom. The van der Waals surface area contributed by atoms with E-state index in [1.807, 2.05) is 30.3 Å². The molecule has 126 valence electrons. The van der Waals surface area contributed by atoms with Gasteiger partial charge in [0, 0.05) is 6.08 Å². The lowest BCUT2D eigenvalue weighted by Crippen LogP contribution is -2.10. The van der Waals surface area contributed by atoms with E-state index in [-0.39, 0.29) is 5.41 Å². The van der Waals surface area contributed by atoms with E-state index in [0.717, 1.165) is 33.7 Å². The molecule has 25 heavy (non-hydrogen) atoms. The van der Waals surface area contributed by atoms with E-state index in [2.05, 4.69) is 51.1 Å². The molecule has 3 rings (SSSR count). The number of nitro groups is 1. The molecule has 3 heteroatoms. The number of rotatable bonds is 3. The Morgan fingerprint density at radius 2 is 1.52 bits per heavy atom. The van der Waals surface area contributed by atoms with Crippen molar-refractivity contribution in [1.29, 1.82) is 0 Å². The topological polar surface area (TPSA) is 43.1 Å². The predicted molar refractivity (Wildman–Crippen MR) is 104 cm³/mol. The van der Waals surface area contributed by atoms with Crippen molar-refractivity contribution < 1.29 is 4.92 Å². The Hall–Kier alpha value is -2.94. The van der Waals surface area contributed by atoms with Gasteiger partial charge in [0.05, 0.1) is 4.92 Å². The highest BCUT2D eigenvalue weighted by atomic mass is 16.6. The average molecular weight is 331 g/mol. The van der Waals surface area contributed by atoms with E-state index < -0.39 is 4.92 Å². The summed E-state index contributed by atoms with van der Waals surface area (Å²) < 4.78 is 0. The summed E-state index contributed by atoms with van der Waals surface area (Å²) in [6.45, 7) is 6.61. The summed E-state index contributed by atoms with van der Waals surface area (Å²) in [6.07, 6.45) is 2.54. The molecule has 3 nitrogen and oxygen atoms in total. The van der Waals surface area contributed by atoms with Crippen molar-refractivity contribution in [3.8, 4) is 11.1 Å². The smallest absolute Gasteiger partial charge is 0.235 e. The Bertz CT molecular complexity index is 948. The third-order valence-electron chi connectivity index (χ3n) is 4.40. The first kappa shape index (κ1) is 16.9. The molecule has 0 amide bonds. The van der Waals surface area contributed by atoms with Crippen LogP contribution in [0.1, 0.15) is 31.9 Å². The minimum absolute atomic E-state index is 0.123. The molecule has 0 bridgehead atoms. The number of fused-ring (bicyclic) bond motifs is 1. The molecule has 0 aliphatic carbocycles. The van der Waals surface area contributed by atoms with Crippen LogP contribution < -0.4 is 0 Å². The van der Waals surface area contributed by atoms with Gasteiger partial charge >= 0.3 is 0 Å². The van der Waals surface area contributed by atoms with Crippen LogP contribution in [-0.4, -0.2) is 4.92 Å². The van der Waals surface area contributed by atoms with Crippen LogP contribution >= 0.6 is 0 Å². The Kier molecular flexibility index (Phi) is 4.41. The fourth-order valence-electron chi connectivity index (χ4n) is 3.01. The highest BCUT2D eigenvalue weighted by molar-refractivity contribution is 6.01. The Labute approximate surface area is 147 Å². The first-order valence-corrected chi connectivity index (χ1v) is 8.30. The molecule has 3 aromatic carbocycles. The number of hydrogen-bond acceptors (Lipinski definition) is 2. The van der Waals surface area contributed by atoms with Gasteiger partial charge in [-0.1, -0.05) is 81.4 Å². The van der Waals surface area contributed by atoms with Crippen molar-refractivity contribution in [3.63, 3.8) is 0 Å². The zero-order valence-electron chi connectivity index (χ0n) is 14.7. The first-order valence-electron chi connectivity index (χ1n) is 8.30. The average Bonchev–Trinajstić information content (AvgIpc) is 2.59. The van der Waals surface area contributed by atoms with Gasteiger partial charge in [-0.25, -0.2) is 0 Å². The third-order valence-corrected chi connectivity index (χ3v) is 4.40. The maximum atomic E-state index is 10.6. The van der Waals surface area contributed by atoms with Crippen LogP contribution in [0.2, 0.25) is 0 Å². The standard InChI is InChI=1S/C22H21NO2/c1-22(2,3)18-11-8-16(9-12-18)20-13-10-17(14-15-23(24)25)19-6-4-5-7-21(19)20/h4-15H,1-3H3. The van der Waals surface area contributed by atoms with Crippen molar-refractivity contribution >= 4 is 16.8 Å². The van der Waals surface area contributed by atoms with Gasteiger partial charge in [0.25, 0.3) is 0 Å². The highest BCUT2D eigenvalue weighted by Crippen LogP contribution is 2.33. The van der Waals surface area contributed by atoms with E-state index >= 15 is 0 Å². The molecule has 0 N–H and O–H groups in total. The summed E-state index contributed by atoms with van der Waals surface area (Å²) in [5.41, 5.74) is 4.55. The van der Waals surface area contributed by atoms with E-state index in [0.29, 0.717) is 0 Å². The second-order valence-electron chi connectivity index (χ2n) is 7.18. The van der Waals surface area contributed by atoms with E-state index in [1.165, 1.54) is 5.56 Å². The summed E-state index contributed by atoms with van der Waals surface area (Å²) in [6, 6.07) is 20.6. The molecule has 0 saturated heterocycles. The van der Waals surface area contributed by atoms with Crippen molar-refractivity contribution in [3.05, 3.63) is 88.1 Å². The molecule has 0 aliphatic rings. The Balaban J connectivity index is 2.12. The lowest BCUT2D eigenvalue weighted by atomic mass is 9.86. The minimum Gasteiger partial charge on any atom is -0.259 e. The zero-order chi connectivity index (χ0) is 18.0. The van der Waals surface area contributed by atoms with E-state index in [1.54, 1.807) is 6.08 Å². The van der Waals surface area contributed by atoms with Gasteiger partial charge in [0.2, 0.25) is 6.20 Å².